The third kappa shape index (κ3) is 3.72. The van der Waals surface area contributed by atoms with E-state index in [-0.39, 0.29) is 17.7 Å². The second-order valence-electron chi connectivity index (χ2n) is 5.03. The Bertz CT molecular complexity index is 525. The minimum atomic E-state index is -0.201. The standard InChI is InChI=1S/C15H21N3O3/c1-16-14(19)10-5-6-13(21-2)12(8-10)18-15(20)11-4-3-7-17-9-11/h5-6,8,11,17H,3-4,7,9H2,1-2H3,(H,16,19)(H,18,20). The molecule has 21 heavy (non-hydrogen) atoms. The number of amides is 2. The van der Waals surface area contributed by atoms with Gasteiger partial charge in [-0.1, -0.05) is 0 Å². The Kier molecular flexibility index (Phi) is 5.16. The van der Waals surface area contributed by atoms with Crippen LogP contribution in [0, 0.1) is 5.92 Å². The highest BCUT2D eigenvalue weighted by molar-refractivity contribution is 5.98. The van der Waals surface area contributed by atoms with E-state index in [1.54, 1.807) is 25.2 Å². The van der Waals surface area contributed by atoms with Crippen LogP contribution >= 0.6 is 0 Å². The molecule has 3 N–H and O–H groups in total. The van der Waals surface area contributed by atoms with Crippen molar-refractivity contribution < 1.29 is 14.3 Å². The summed E-state index contributed by atoms with van der Waals surface area (Å²) in [5.41, 5.74) is 1.00. The summed E-state index contributed by atoms with van der Waals surface area (Å²) in [6, 6.07) is 4.97. The van der Waals surface area contributed by atoms with E-state index < -0.39 is 0 Å². The first-order valence-corrected chi connectivity index (χ1v) is 7.07. The molecule has 1 aliphatic heterocycles. The van der Waals surface area contributed by atoms with Crippen molar-refractivity contribution in [2.45, 2.75) is 12.8 Å². The number of methoxy groups -OCH3 is 1. The van der Waals surface area contributed by atoms with Crippen LogP contribution in [-0.4, -0.2) is 39.1 Å². The van der Waals surface area contributed by atoms with Crippen LogP contribution in [0.4, 0.5) is 5.69 Å². The molecule has 1 atom stereocenters. The summed E-state index contributed by atoms with van der Waals surface area (Å²) in [6.45, 7) is 1.64. The Balaban J connectivity index is 2.16. The van der Waals surface area contributed by atoms with Crippen molar-refractivity contribution in [1.29, 1.82) is 0 Å². The highest BCUT2D eigenvalue weighted by Crippen LogP contribution is 2.26. The van der Waals surface area contributed by atoms with E-state index in [0.717, 1.165) is 19.4 Å². The molecule has 2 rings (SSSR count). The summed E-state index contributed by atoms with van der Waals surface area (Å²) < 4.78 is 5.24. The van der Waals surface area contributed by atoms with Crippen LogP contribution in [0.2, 0.25) is 0 Å². The predicted octanol–water partition coefficient (Wildman–Crippen LogP) is 0.993. The van der Waals surface area contributed by atoms with E-state index in [0.29, 0.717) is 23.5 Å². The quantitative estimate of drug-likeness (QED) is 0.773. The number of benzene rings is 1. The van der Waals surface area contributed by atoms with Gasteiger partial charge in [-0.05, 0) is 37.6 Å². The molecule has 1 heterocycles. The van der Waals surface area contributed by atoms with Crippen LogP contribution in [0.5, 0.6) is 5.75 Å². The lowest BCUT2D eigenvalue weighted by molar-refractivity contribution is -0.120. The van der Waals surface area contributed by atoms with Crippen molar-refractivity contribution in [2.75, 3.05) is 32.6 Å². The van der Waals surface area contributed by atoms with Crippen molar-refractivity contribution in [3.05, 3.63) is 23.8 Å². The molecule has 1 aromatic rings. The van der Waals surface area contributed by atoms with Crippen molar-refractivity contribution in [3.8, 4) is 5.75 Å². The number of ether oxygens (including phenoxy) is 1. The Hall–Kier alpha value is -2.08. The van der Waals surface area contributed by atoms with Gasteiger partial charge in [0.25, 0.3) is 5.91 Å². The lowest BCUT2D eigenvalue weighted by atomic mass is 9.98. The number of nitrogens with one attached hydrogen (secondary N) is 3. The second-order valence-corrected chi connectivity index (χ2v) is 5.03. The zero-order chi connectivity index (χ0) is 15.2. The Morgan fingerprint density at radius 2 is 2.19 bits per heavy atom. The lowest BCUT2D eigenvalue weighted by Crippen LogP contribution is -2.37. The van der Waals surface area contributed by atoms with E-state index in [1.165, 1.54) is 7.11 Å². The Morgan fingerprint density at radius 3 is 2.81 bits per heavy atom. The molecule has 1 unspecified atom stereocenters. The topological polar surface area (TPSA) is 79.5 Å². The summed E-state index contributed by atoms with van der Waals surface area (Å²) in [5, 5.41) is 8.64. The van der Waals surface area contributed by atoms with Crippen LogP contribution in [0.25, 0.3) is 0 Å². The smallest absolute Gasteiger partial charge is 0.251 e. The first-order valence-electron chi connectivity index (χ1n) is 7.07. The van der Waals surface area contributed by atoms with Gasteiger partial charge in [-0.3, -0.25) is 9.59 Å². The third-order valence-electron chi connectivity index (χ3n) is 3.61. The van der Waals surface area contributed by atoms with E-state index in [2.05, 4.69) is 16.0 Å². The molecule has 0 aromatic heterocycles. The fourth-order valence-corrected chi connectivity index (χ4v) is 2.40. The summed E-state index contributed by atoms with van der Waals surface area (Å²) in [7, 11) is 3.10. The minimum Gasteiger partial charge on any atom is -0.495 e. The second kappa shape index (κ2) is 7.08. The number of carbonyl (C=O) groups excluding carboxylic acids is 2. The van der Waals surface area contributed by atoms with Crippen LogP contribution in [0.1, 0.15) is 23.2 Å². The molecule has 0 bridgehead atoms. The monoisotopic (exact) mass is 291 g/mol. The van der Waals surface area contributed by atoms with E-state index in [1.807, 2.05) is 0 Å². The fraction of sp³-hybridized carbons (Fsp3) is 0.467. The molecule has 1 saturated heterocycles. The zero-order valence-electron chi connectivity index (χ0n) is 12.4. The van der Waals surface area contributed by atoms with E-state index in [9.17, 15) is 9.59 Å². The SMILES string of the molecule is CNC(=O)c1ccc(OC)c(NC(=O)C2CCCNC2)c1. The van der Waals surface area contributed by atoms with Gasteiger partial charge in [0.05, 0.1) is 18.7 Å². The molecular formula is C15H21N3O3. The maximum atomic E-state index is 12.3. The summed E-state index contributed by atoms with van der Waals surface area (Å²) >= 11 is 0. The largest absolute Gasteiger partial charge is 0.495 e. The molecule has 6 nitrogen and oxygen atoms in total. The predicted molar refractivity (Wildman–Crippen MR) is 80.6 cm³/mol. The Labute approximate surface area is 124 Å². The molecular weight excluding hydrogens is 270 g/mol. The van der Waals surface area contributed by atoms with Crippen molar-refractivity contribution in [1.82, 2.24) is 10.6 Å². The fourth-order valence-electron chi connectivity index (χ4n) is 2.40. The maximum Gasteiger partial charge on any atom is 0.251 e. The van der Waals surface area contributed by atoms with Gasteiger partial charge in [0.15, 0.2) is 0 Å². The van der Waals surface area contributed by atoms with Crippen molar-refractivity contribution in [2.24, 2.45) is 5.92 Å². The van der Waals surface area contributed by atoms with Crippen LogP contribution in [-0.2, 0) is 4.79 Å². The van der Waals surface area contributed by atoms with Gasteiger partial charge in [-0.25, -0.2) is 0 Å². The Morgan fingerprint density at radius 1 is 1.38 bits per heavy atom. The van der Waals surface area contributed by atoms with Gasteiger partial charge >= 0.3 is 0 Å². The number of hydrogen-bond donors (Lipinski definition) is 3. The summed E-state index contributed by atoms with van der Waals surface area (Å²) in [5.74, 6) is 0.244. The number of anilines is 1. The summed E-state index contributed by atoms with van der Waals surface area (Å²) in [6.07, 6.45) is 1.86. The molecule has 0 saturated carbocycles. The van der Waals surface area contributed by atoms with Gasteiger partial charge in [0.1, 0.15) is 5.75 Å². The highest BCUT2D eigenvalue weighted by Gasteiger charge is 2.22. The molecule has 1 aromatic carbocycles. The van der Waals surface area contributed by atoms with E-state index in [4.69, 9.17) is 4.74 Å². The zero-order valence-corrected chi connectivity index (χ0v) is 12.4. The maximum absolute atomic E-state index is 12.3. The molecule has 114 valence electrons. The van der Waals surface area contributed by atoms with Gasteiger partial charge in [-0.15, -0.1) is 0 Å². The van der Waals surface area contributed by atoms with Gasteiger partial charge in [0, 0.05) is 19.2 Å². The first kappa shape index (κ1) is 15.3. The normalized spacial score (nSPS) is 17.9. The van der Waals surface area contributed by atoms with Gasteiger partial charge in [-0.2, -0.15) is 0 Å². The van der Waals surface area contributed by atoms with Crippen LogP contribution in [0.15, 0.2) is 18.2 Å². The number of carbonyl (C=O) groups is 2. The molecule has 0 spiro atoms. The average molecular weight is 291 g/mol. The number of piperidine rings is 1. The van der Waals surface area contributed by atoms with E-state index >= 15 is 0 Å². The molecule has 1 fully saturated rings. The van der Waals surface area contributed by atoms with Crippen molar-refractivity contribution in [3.63, 3.8) is 0 Å². The average Bonchev–Trinajstić information content (AvgIpc) is 2.54. The number of hydrogen-bond acceptors (Lipinski definition) is 4. The number of rotatable bonds is 4. The lowest BCUT2D eigenvalue weighted by Gasteiger charge is -2.22. The minimum absolute atomic E-state index is 0.0467. The highest BCUT2D eigenvalue weighted by atomic mass is 16.5. The third-order valence-corrected chi connectivity index (χ3v) is 3.61. The molecule has 6 heteroatoms. The van der Waals surface area contributed by atoms with Crippen LogP contribution < -0.4 is 20.7 Å². The molecule has 1 aliphatic rings. The van der Waals surface area contributed by atoms with Gasteiger partial charge in [0.2, 0.25) is 5.91 Å². The first-order chi connectivity index (χ1) is 10.2. The molecule has 0 aliphatic carbocycles. The molecule has 2 amide bonds. The van der Waals surface area contributed by atoms with Crippen LogP contribution in [0.3, 0.4) is 0 Å². The molecule has 0 radical (unpaired) electrons. The van der Waals surface area contributed by atoms with Gasteiger partial charge < -0.3 is 20.7 Å². The van der Waals surface area contributed by atoms with Crippen molar-refractivity contribution >= 4 is 17.5 Å². The summed E-state index contributed by atoms with van der Waals surface area (Å²) in [4.78, 5) is 24.0.